The number of aliphatic hydroxyl groups is 1. The van der Waals surface area contributed by atoms with Crippen molar-refractivity contribution >= 4 is 18.5 Å². The highest BCUT2D eigenvalue weighted by Gasteiger charge is 2.21. The first kappa shape index (κ1) is 16.2. The Kier molecular flexibility index (Phi) is 5.27. The summed E-state index contributed by atoms with van der Waals surface area (Å²) in [5.41, 5.74) is 0.862. The lowest BCUT2D eigenvalue weighted by Gasteiger charge is -2.09. The van der Waals surface area contributed by atoms with E-state index < -0.39 is 18.8 Å². The van der Waals surface area contributed by atoms with Crippen molar-refractivity contribution in [1.82, 2.24) is 5.32 Å². The highest BCUT2D eigenvalue weighted by molar-refractivity contribution is 6.58. The molecule has 2 aromatic rings. The molecule has 2 aromatic carbocycles. The number of benzene rings is 2. The summed E-state index contributed by atoms with van der Waals surface area (Å²) in [6.07, 6.45) is 0. The zero-order valence-electron chi connectivity index (χ0n) is 11.7. The third-order valence-corrected chi connectivity index (χ3v) is 3.18. The van der Waals surface area contributed by atoms with Crippen LogP contribution in [-0.4, -0.2) is 28.2 Å². The van der Waals surface area contributed by atoms with E-state index in [4.69, 9.17) is 15.2 Å². The van der Waals surface area contributed by atoms with E-state index in [1.807, 2.05) is 0 Å². The van der Waals surface area contributed by atoms with Gasteiger partial charge in [0.2, 0.25) is 0 Å². The van der Waals surface area contributed by atoms with Crippen molar-refractivity contribution < 1.29 is 24.3 Å². The van der Waals surface area contributed by atoms with Crippen molar-refractivity contribution in [2.24, 2.45) is 0 Å². The molecule has 0 fully saturated rings. The Hall–Kier alpha value is -2.22. The van der Waals surface area contributed by atoms with Gasteiger partial charge in [-0.15, -0.1) is 0 Å². The van der Waals surface area contributed by atoms with E-state index in [9.17, 15) is 9.18 Å². The van der Waals surface area contributed by atoms with Crippen LogP contribution >= 0.6 is 0 Å². The number of halogens is 1. The van der Waals surface area contributed by atoms with Crippen LogP contribution < -0.4 is 10.8 Å². The molecular weight excluding hydrogens is 288 g/mol. The lowest BCUT2D eigenvalue weighted by molar-refractivity contribution is 0.0947. The fraction of sp³-hybridized carbons (Fsp3) is 0.133. The number of hydrogen-bond donors (Lipinski definition) is 4. The van der Waals surface area contributed by atoms with Gasteiger partial charge in [-0.05, 0) is 17.2 Å². The van der Waals surface area contributed by atoms with E-state index >= 15 is 0 Å². The summed E-state index contributed by atoms with van der Waals surface area (Å²) in [6.45, 7) is 0.0604. The van der Waals surface area contributed by atoms with E-state index in [0.29, 0.717) is 5.56 Å². The Bertz CT molecular complexity index is 678. The van der Waals surface area contributed by atoms with Gasteiger partial charge in [0, 0.05) is 12.0 Å². The number of amides is 1. The molecule has 2 rings (SSSR count). The summed E-state index contributed by atoms with van der Waals surface area (Å²) in [6, 6.07) is 10.8. The van der Waals surface area contributed by atoms with Gasteiger partial charge in [0.25, 0.3) is 5.91 Å². The Morgan fingerprint density at radius 1 is 1.14 bits per heavy atom. The van der Waals surface area contributed by atoms with Gasteiger partial charge < -0.3 is 20.5 Å². The monoisotopic (exact) mass is 303 g/mol. The van der Waals surface area contributed by atoms with Crippen LogP contribution in [0.15, 0.2) is 42.5 Å². The fourth-order valence-electron chi connectivity index (χ4n) is 2.04. The molecule has 114 valence electrons. The number of hydrogen-bond acceptors (Lipinski definition) is 4. The molecule has 0 unspecified atom stereocenters. The number of rotatable bonds is 5. The van der Waals surface area contributed by atoms with E-state index in [2.05, 4.69) is 5.32 Å². The van der Waals surface area contributed by atoms with Crippen LogP contribution in [0.5, 0.6) is 0 Å². The van der Waals surface area contributed by atoms with E-state index in [1.54, 1.807) is 24.3 Å². The molecular formula is C15H15BFNO4. The highest BCUT2D eigenvalue weighted by atomic mass is 19.1. The number of carbonyl (C=O) groups excluding carboxylic acids is 1. The summed E-state index contributed by atoms with van der Waals surface area (Å²) in [7, 11) is -1.98. The molecule has 0 saturated carbocycles. The minimum absolute atomic E-state index is 0.104. The van der Waals surface area contributed by atoms with Crippen molar-refractivity contribution in [1.29, 1.82) is 0 Å². The second-order valence-electron chi connectivity index (χ2n) is 4.74. The Labute approximate surface area is 127 Å². The Balaban J connectivity index is 2.11. The van der Waals surface area contributed by atoms with Gasteiger partial charge >= 0.3 is 7.12 Å². The molecule has 0 spiro atoms. The van der Waals surface area contributed by atoms with Crippen molar-refractivity contribution in [2.45, 2.75) is 13.2 Å². The first-order valence-electron chi connectivity index (χ1n) is 6.64. The first-order valence-corrected chi connectivity index (χ1v) is 6.64. The first-order chi connectivity index (χ1) is 10.5. The summed E-state index contributed by atoms with van der Waals surface area (Å²) in [4.78, 5) is 12.0. The second-order valence-corrected chi connectivity index (χ2v) is 4.74. The highest BCUT2D eigenvalue weighted by Crippen LogP contribution is 2.08. The second kappa shape index (κ2) is 7.17. The standard InChI is InChI=1S/C15H15BFNO4/c17-14-12(5-2-6-13(14)16(21)22)15(20)18-8-10-3-1-4-11(7-10)9-19/h1-7,19,21-22H,8-9H2,(H,18,20). The van der Waals surface area contributed by atoms with Crippen LogP contribution in [0, 0.1) is 5.82 Å². The van der Waals surface area contributed by atoms with Crippen molar-refractivity contribution in [3.63, 3.8) is 0 Å². The van der Waals surface area contributed by atoms with Gasteiger partial charge in [0.1, 0.15) is 5.82 Å². The van der Waals surface area contributed by atoms with Crippen LogP contribution in [0.3, 0.4) is 0 Å². The third-order valence-electron chi connectivity index (χ3n) is 3.18. The normalized spacial score (nSPS) is 10.4. The molecule has 5 nitrogen and oxygen atoms in total. The topological polar surface area (TPSA) is 89.8 Å². The molecule has 0 saturated heterocycles. The van der Waals surface area contributed by atoms with Crippen LogP contribution in [0.2, 0.25) is 0 Å². The van der Waals surface area contributed by atoms with E-state index in [-0.39, 0.29) is 24.2 Å². The molecule has 22 heavy (non-hydrogen) atoms. The maximum absolute atomic E-state index is 14.0. The smallest absolute Gasteiger partial charge is 0.423 e. The van der Waals surface area contributed by atoms with Gasteiger partial charge in [-0.1, -0.05) is 36.4 Å². The molecule has 1 amide bonds. The number of nitrogens with one attached hydrogen (secondary N) is 1. The molecule has 0 radical (unpaired) electrons. The molecule has 0 bridgehead atoms. The fourth-order valence-corrected chi connectivity index (χ4v) is 2.04. The molecule has 0 aliphatic rings. The predicted octanol–water partition coefficient (Wildman–Crippen LogP) is -0.0722. The number of carbonyl (C=O) groups is 1. The maximum atomic E-state index is 14.0. The molecule has 0 heterocycles. The van der Waals surface area contributed by atoms with Crippen LogP contribution in [0.4, 0.5) is 4.39 Å². The molecule has 4 N–H and O–H groups in total. The van der Waals surface area contributed by atoms with Crippen LogP contribution in [0.1, 0.15) is 21.5 Å². The molecule has 7 heteroatoms. The number of aliphatic hydroxyl groups excluding tert-OH is 1. The zero-order chi connectivity index (χ0) is 16.1. The molecule has 0 aliphatic carbocycles. The van der Waals surface area contributed by atoms with Gasteiger partial charge in [-0.3, -0.25) is 4.79 Å². The van der Waals surface area contributed by atoms with Crippen molar-refractivity contribution in [3.8, 4) is 0 Å². The summed E-state index contributed by atoms with van der Waals surface area (Å²) >= 11 is 0. The van der Waals surface area contributed by atoms with Crippen LogP contribution in [0.25, 0.3) is 0 Å². The third kappa shape index (κ3) is 3.70. The largest absolute Gasteiger partial charge is 0.491 e. The van der Waals surface area contributed by atoms with Gasteiger partial charge in [-0.25, -0.2) is 4.39 Å². The minimum atomic E-state index is -1.98. The van der Waals surface area contributed by atoms with Crippen molar-refractivity contribution in [3.05, 3.63) is 65.0 Å². The Morgan fingerprint density at radius 3 is 2.50 bits per heavy atom. The van der Waals surface area contributed by atoms with Gasteiger partial charge in [0.15, 0.2) is 0 Å². The average molecular weight is 303 g/mol. The SMILES string of the molecule is O=C(NCc1cccc(CO)c1)c1cccc(B(O)O)c1F. The van der Waals surface area contributed by atoms with Crippen LogP contribution in [-0.2, 0) is 13.2 Å². The van der Waals surface area contributed by atoms with Gasteiger partial charge in [0.05, 0.1) is 12.2 Å². The summed E-state index contributed by atoms with van der Waals surface area (Å²) in [5.74, 6) is -1.62. The predicted molar refractivity (Wildman–Crippen MR) is 79.8 cm³/mol. The van der Waals surface area contributed by atoms with E-state index in [1.165, 1.54) is 18.2 Å². The molecule has 0 aromatic heterocycles. The average Bonchev–Trinajstić information content (AvgIpc) is 2.52. The lowest BCUT2D eigenvalue weighted by atomic mass is 9.79. The minimum Gasteiger partial charge on any atom is -0.423 e. The maximum Gasteiger partial charge on any atom is 0.491 e. The molecule has 0 aliphatic heterocycles. The van der Waals surface area contributed by atoms with Crippen molar-refractivity contribution in [2.75, 3.05) is 0 Å². The summed E-state index contributed by atoms with van der Waals surface area (Å²) < 4.78 is 14.0. The van der Waals surface area contributed by atoms with E-state index in [0.717, 1.165) is 5.56 Å². The van der Waals surface area contributed by atoms with Gasteiger partial charge in [-0.2, -0.15) is 0 Å². The quantitative estimate of drug-likeness (QED) is 0.582. The lowest BCUT2D eigenvalue weighted by Crippen LogP contribution is -2.35. The zero-order valence-corrected chi connectivity index (χ0v) is 11.7. The molecule has 0 atom stereocenters. The Morgan fingerprint density at radius 2 is 1.82 bits per heavy atom. The summed E-state index contributed by atoms with van der Waals surface area (Å²) in [5, 5.41) is 29.7.